The van der Waals surface area contributed by atoms with Crippen molar-refractivity contribution in [2.75, 3.05) is 31.8 Å². The van der Waals surface area contributed by atoms with Gasteiger partial charge in [-0.3, -0.25) is 0 Å². The van der Waals surface area contributed by atoms with Crippen molar-refractivity contribution >= 4 is 21.6 Å². The average Bonchev–Trinajstić information content (AvgIpc) is 2.28. The van der Waals surface area contributed by atoms with Gasteiger partial charge in [-0.25, -0.2) is 12.7 Å². The first-order chi connectivity index (χ1) is 8.45. The van der Waals surface area contributed by atoms with Crippen LogP contribution >= 0.6 is 11.6 Å². The van der Waals surface area contributed by atoms with Crippen LogP contribution in [-0.2, 0) is 10.0 Å². The largest absolute Gasteiger partial charge is 0.492 e. The van der Waals surface area contributed by atoms with Crippen LogP contribution in [0.25, 0.3) is 0 Å². The average molecular weight is 292 g/mol. The van der Waals surface area contributed by atoms with Gasteiger partial charge in [-0.1, -0.05) is 12.1 Å². The van der Waals surface area contributed by atoms with Crippen LogP contribution in [-0.4, -0.2) is 44.6 Å². The van der Waals surface area contributed by atoms with E-state index in [1.165, 1.54) is 11.4 Å². The summed E-state index contributed by atoms with van der Waals surface area (Å²) in [5, 5.41) is 0. The molecule has 0 atom stereocenters. The van der Waals surface area contributed by atoms with Crippen molar-refractivity contribution in [2.24, 2.45) is 0 Å². The topological polar surface area (TPSA) is 46.6 Å². The van der Waals surface area contributed by atoms with Gasteiger partial charge >= 0.3 is 0 Å². The Morgan fingerprint density at radius 3 is 2.72 bits per heavy atom. The molecule has 18 heavy (non-hydrogen) atoms. The van der Waals surface area contributed by atoms with E-state index in [2.05, 4.69) is 0 Å². The van der Waals surface area contributed by atoms with Crippen LogP contribution in [0.2, 0.25) is 0 Å². The maximum absolute atomic E-state index is 11.6. The van der Waals surface area contributed by atoms with Gasteiger partial charge in [-0.15, -0.1) is 11.6 Å². The van der Waals surface area contributed by atoms with Gasteiger partial charge in [0.15, 0.2) is 0 Å². The van der Waals surface area contributed by atoms with E-state index in [0.717, 1.165) is 11.3 Å². The fraction of sp³-hybridized carbons (Fsp3) is 0.500. The van der Waals surface area contributed by atoms with Crippen LogP contribution in [0, 0.1) is 6.92 Å². The highest BCUT2D eigenvalue weighted by molar-refractivity contribution is 7.89. The fourth-order valence-electron chi connectivity index (χ4n) is 1.39. The number of hydrogen-bond acceptors (Lipinski definition) is 3. The predicted molar refractivity (Wildman–Crippen MR) is 73.8 cm³/mol. The number of nitrogens with zero attached hydrogens (tertiary/aromatic N) is 1. The summed E-state index contributed by atoms with van der Waals surface area (Å²) in [5.74, 6) is 0.805. The highest BCUT2D eigenvalue weighted by Gasteiger charge is 2.16. The monoisotopic (exact) mass is 291 g/mol. The summed E-state index contributed by atoms with van der Waals surface area (Å²) >= 11 is 5.44. The third-order valence-electron chi connectivity index (χ3n) is 2.47. The number of likely N-dealkylation sites (N-methyl/N-ethyl adjacent to an activating group) is 1. The molecule has 0 saturated heterocycles. The first kappa shape index (κ1) is 15.3. The zero-order valence-electron chi connectivity index (χ0n) is 10.6. The van der Waals surface area contributed by atoms with E-state index in [0.29, 0.717) is 13.2 Å². The minimum absolute atomic E-state index is 0.0461. The van der Waals surface area contributed by atoms with Gasteiger partial charge in [0, 0.05) is 19.5 Å². The molecule has 0 aliphatic carbocycles. The third kappa shape index (κ3) is 4.84. The van der Waals surface area contributed by atoms with Crippen LogP contribution in [0.4, 0.5) is 0 Å². The molecule has 0 unspecified atom stereocenters. The lowest BCUT2D eigenvalue weighted by Gasteiger charge is -2.16. The second-order valence-electron chi connectivity index (χ2n) is 3.99. The molecule has 102 valence electrons. The lowest BCUT2D eigenvalue weighted by atomic mass is 10.2. The molecule has 0 spiro atoms. The van der Waals surface area contributed by atoms with E-state index in [1.807, 2.05) is 31.2 Å². The Labute approximate surface area is 114 Å². The summed E-state index contributed by atoms with van der Waals surface area (Å²) in [6, 6.07) is 7.63. The van der Waals surface area contributed by atoms with Crippen molar-refractivity contribution in [3.63, 3.8) is 0 Å². The Bertz CT molecular complexity index is 476. The molecule has 0 fully saturated rings. The molecule has 4 nitrogen and oxygen atoms in total. The Morgan fingerprint density at radius 1 is 1.39 bits per heavy atom. The first-order valence-corrected chi connectivity index (χ1v) is 7.79. The van der Waals surface area contributed by atoms with Gasteiger partial charge in [0.1, 0.15) is 12.4 Å². The number of halogens is 1. The molecular formula is C12H18ClNO3S. The summed E-state index contributed by atoms with van der Waals surface area (Å²) < 4.78 is 30.0. The minimum Gasteiger partial charge on any atom is -0.492 e. The SMILES string of the molecule is Cc1cccc(OCCN(C)S(=O)(=O)CCCl)c1. The molecule has 0 bridgehead atoms. The molecule has 1 aromatic rings. The molecule has 0 radical (unpaired) electrons. The first-order valence-electron chi connectivity index (χ1n) is 5.65. The van der Waals surface area contributed by atoms with Crippen molar-refractivity contribution in [3.05, 3.63) is 29.8 Å². The van der Waals surface area contributed by atoms with E-state index in [1.54, 1.807) is 0 Å². The maximum Gasteiger partial charge on any atom is 0.215 e. The quantitative estimate of drug-likeness (QED) is 0.721. The standard InChI is InChI=1S/C12H18ClNO3S/c1-11-4-3-5-12(10-11)17-8-7-14(2)18(15,16)9-6-13/h3-5,10H,6-9H2,1-2H3. The van der Waals surface area contributed by atoms with Gasteiger partial charge in [-0.2, -0.15) is 0 Å². The second-order valence-corrected chi connectivity index (χ2v) is 6.56. The Balaban J connectivity index is 2.42. The summed E-state index contributed by atoms with van der Waals surface area (Å²) in [7, 11) is -1.72. The Hall–Kier alpha value is -0.780. The number of sulfonamides is 1. The number of aryl methyl sites for hydroxylation is 1. The molecule has 0 aliphatic heterocycles. The van der Waals surface area contributed by atoms with Crippen molar-refractivity contribution in [1.82, 2.24) is 4.31 Å². The zero-order valence-corrected chi connectivity index (χ0v) is 12.2. The van der Waals surface area contributed by atoms with Crippen LogP contribution < -0.4 is 4.74 Å². The van der Waals surface area contributed by atoms with E-state index in [4.69, 9.17) is 16.3 Å². The minimum atomic E-state index is -3.25. The molecule has 0 aliphatic rings. The molecule has 1 rings (SSSR count). The summed E-state index contributed by atoms with van der Waals surface area (Å²) in [5.41, 5.74) is 1.11. The highest BCUT2D eigenvalue weighted by atomic mass is 35.5. The lowest BCUT2D eigenvalue weighted by molar-refractivity contribution is 0.287. The summed E-state index contributed by atoms with van der Waals surface area (Å²) in [6.45, 7) is 2.61. The molecule has 0 N–H and O–H groups in total. The second kappa shape index (κ2) is 6.97. The molecule has 0 aromatic heterocycles. The number of hydrogen-bond donors (Lipinski definition) is 0. The smallest absolute Gasteiger partial charge is 0.215 e. The van der Waals surface area contributed by atoms with Crippen molar-refractivity contribution < 1.29 is 13.2 Å². The maximum atomic E-state index is 11.6. The van der Waals surface area contributed by atoms with E-state index >= 15 is 0 Å². The van der Waals surface area contributed by atoms with Gasteiger partial charge in [0.2, 0.25) is 10.0 Å². The van der Waals surface area contributed by atoms with Crippen LogP contribution in [0.15, 0.2) is 24.3 Å². The molecule has 0 saturated carbocycles. The normalized spacial score (nSPS) is 11.8. The zero-order chi connectivity index (χ0) is 13.6. The molecule has 6 heteroatoms. The molecule has 0 heterocycles. The van der Waals surface area contributed by atoms with Gasteiger partial charge < -0.3 is 4.74 Å². The molecule has 0 amide bonds. The highest BCUT2D eigenvalue weighted by Crippen LogP contribution is 2.12. The summed E-state index contributed by atoms with van der Waals surface area (Å²) in [6.07, 6.45) is 0. The fourth-order valence-corrected chi connectivity index (χ4v) is 2.83. The van der Waals surface area contributed by atoms with Crippen molar-refractivity contribution in [2.45, 2.75) is 6.92 Å². The van der Waals surface area contributed by atoms with Gasteiger partial charge in [0.25, 0.3) is 0 Å². The van der Waals surface area contributed by atoms with Crippen LogP contribution in [0.3, 0.4) is 0 Å². The van der Waals surface area contributed by atoms with Gasteiger partial charge in [0.05, 0.1) is 5.75 Å². The molecule has 1 aromatic carbocycles. The van der Waals surface area contributed by atoms with Gasteiger partial charge in [-0.05, 0) is 24.6 Å². The number of ether oxygens (including phenoxy) is 1. The van der Waals surface area contributed by atoms with Crippen LogP contribution in [0.5, 0.6) is 5.75 Å². The van der Waals surface area contributed by atoms with E-state index in [9.17, 15) is 8.42 Å². The summed E-state index contributed by atoms with van der Waals surface area (Å²) in [4.78, 5) is 0. The Morgan fingerprint density at radius 2 is 2.11 bits per heavy atom. The van der Waals surface area contributed by atoms with E-state index in [-0.39, 0.29) is 11.6 Å². The lowest BCUT2D eigenvalue weighted by Crippen LogP contribution is -2.33. The third-order valence-corrected chi connectivity index (χ3v) is 4.74. The van der Waals surface area contributed by atoms with Crippen molar-refractivity contribution in [3.8, 4) is 5.75 Å². The Kier molecular flexibility index (Phi) is 5.91. The molecular weight excluding hydrogens is 274 g/mol. The van der Waals surface area contributed by atoms with Crippen LogP contribution in [0.1, 0.15) is 5.56 Å². The number of alkyl halides is 1. The number of benzene rings is 1. The van der Waals surface area contributed by atoms with Crippen molar-refractivity contribution in [1.29, 1.82) is 0 Å². The predicted octanol–water partition coefficient (Wildman–Crippen LogP) is 1.87. The number of rotatable bonds is 7. The van der Waals surface area contributed by atoms with E-state index < -0.39 is 10.0 Å².